The molecule has 7 nitrogen and oxygen atoms in total. The molecule has 3 aromatic rings. The molecule has 0 unspecified atom stereocenters. The minimum Gasteiger partial charge on any atom is -0.378 e. The van der Waals surface area contributed by atoms with Crippen LogP contribution in [0.15, 0.2) is 18.2 Å². The molecule has 2 aliphatic rings. The maximum Gasteiger partial charge on any atom is 0.254 e. The van der Waals surface area contributed by atoms with Crippen molar-refractivity contribution in [2.45, 2.75) is 38.6 Å². The van der Waals surface area contributed by atoms with Crippen LogP contribution in [0.4, 0.5) is 0 Å². The highest BCUT2D eigenvalue weighted by atomic mass is 16.5. The Labute approximate surface area is 157 Å². The van der Waals surface area contributed by atoms with Gasteiger partial charge in [0, 0.05) is 30.1 Å². The van der Waals surface area contributed by atoms with E-state index in [1.165, 1.54) is 25.7 Å². The van der Waals surface area contributed by atoms with E-state index < -0.39 is 0 Å². The highest BCUT2D eigenvalue weighted by Gasteiger charge is 2.24. The lowest BCUT2D eigenvalue weighted by Gasteiger charge is -2.27. The van der Waals surface area contributed by atoms with Gasteiger partial charge in [0.15, 0.2) is 0 Å². The number of fused-ring (bicyclic) bond motifs is 3. The van der Waals surface area contributed by atoms with Crippen LogP contribution in [0.1, 0.15) is 47.9 Å². The summed E-state index contributed by atoms with van der Waals surface area (Å²) in [5, 5.41) is 9.63. The number of hydrogen-bond acceptors (Lipinski definition) is 5. The first-order chi connectivity index (χ1) is 13.2. The van der Waals surface area contributed by atoms with Gasteiger partial charge in [-0.3, -0.25) is 4.79 Å². The first-order valence-corrected chi connectivity index (χ1v) is 9.74. The van der Waals surface area contributed by atoms with Gasteiger partial charge < -0.3 is 14.2 Å². The Morgan fingerprint density at radius 1 is 1.15 bits per heavy atom. The molecule has 3 heterocycles. The first kappa shape index (κ1) is 16.6. The molecule has 0 atom stereocenters. The number of aryl methyl sites for hydroxylation is 1. The monoisotopic (exact) mass is 365 g/mol. The lowest BCUT2D eigenvalue weighted by atomic mass is 10.1. The molecule has 1 saturated carbocycles. The van der Waals surface area contributed by atoms with E-state index in [1.54, 1.807) is 0 Å². The summed E-state index contributed by atoms with van der Waals surface area (Å²) >= 11 is 0. The zero-order valence-corrected chi connectivity index (χ0v) is 15.5. The number of rotatable bonds is 2. The number of hydrogen-bond donors (Lipinski definition) is 0. The van der Waals surface area contributed by atoms with Gasteiger partial charge >= 0.3 is 0 Å². The summed E-state index contributed by atoms with van der Waals surface area (Å²) in [6.07, 6.45) is 4.84. The van der Waals surface area contributed by atoms with Crippen LogP contribution in [-0.4, -0.2) is 56.9 Å². The van der Waals surface area contributed by atoms with E-state index in [4.69, 9.17) is 4.74 Å². The van der Waals surface area contributed by atoms with Gasteiger partial charge in [-0.2, -0.15) is 0 Å². The van der Waals surface area contributed by atoms with Crippen molar-refractivity contribution in [1.82, 2.24) is 24.6 Å². The number of ether oxygens (including phenoxy) is 1. The zero-order chi connectivity index (χ0) is 18.4. The van der Waals surface area contributed by atoms with Crippen molar-refractivity contribution in [3.8, 4) is 0 Å². The molecule has 0 bridgehead atoms. The average Bonchev–Trinajstić information content (AvgIpc) is 3.34. The van der Waals surface area contributed by atoms with Crippen LogP contribution in [0, 0.1) is 6.92 Å². The fourth-order valence-corrected chi connectivity index (χ4v) is 4.46. The van der Waals surface area contributed by atoms with Crippen LogP contribution in [0.5, 0.6) is 0 Å². The van der Waals surface area contributed by atoms with E-state index in [9.17, 15) is 4.79 Å². The van der Waals surface area contributed by atoms with Gasteiger partial charge in [0.25, 0.3) is 5.91 Å². The van der Waals surface area contributed by atoms with E-state index in [1.807, 2.05) is 30.0 Å². The third kappa shape index (κ3) is 2.77. The minimum absolute atomic E-state index is 0.0498. The number of benzene rings is 1. The van der Waals surface area contributed by atoms with Gasteiger partial charge in [-0.15, -0.1) is 10.2 Å². The molecule has 1 aromatic carbocycles. The lowest BCUT2D eigenvalue weighted by Crippen LogP contribution is -2.40. The molecule has 0 N–H and O–H groups in total. The molecule has 0 spiro atoms. The molecule has 1 aliphatic heterocycles. The van der Waals surface area contributed by atoms with Gasteiger partial charge in [-0.05, 0) is 38.0 Å². The normalized spacial score (nSPS) is 18.6. The van der Waals surface area contributed by atoms with Gasteiger partial charge in [0.1, 0.15) is 5.82 Å². The van der Waals surface area contributed by atoms with Gasteiger partial charge in [-0.1, -0.05) is 12.8 Å². The van der Waals surface area contributed by atoms with Crippen LogP contribution < -0.4 is 0 Å². The fraction of sp³-hybridized carbons (Fsp3) is 0.500. The van der Waals surface area contributed by atoms with Crippen LogP contribution in [0.25, 0.3) is 22.1 Å². The summed E-state index contributed by atoms with van der Waals surface area (Å²) in [5.74, 6) is 1.03. The van der Waals surface area contributed by atoms with Crippen molar-refractivity contribution < 1.29 is 9.53 Å². The SMILES string of the molecule is Cc1nc2nnc3ccc(C(=O)N4CCOCC4)cc3c2n1C1CCCC1. The Hall–Kier alpha value is -2.54. The first-order valence-electron chi connectivity index (χ1n) is 9.74. The van der Waals surface area contributed by atoms with Gasteiger partial charge in [-0.25, -0.2) is 4.98 Å². The number of nitrogens with zero attached hydrogens (tertiary/aromatic N) is 5. The Kier molecular flexibility index (Phi) is 4.04. The molecule has 140 valence electrons. The van der Waals surface area contributed by atoms with Crippen molar-refractivity contribution in [3.63, 3.8) is 0 Å². The Morgan fingerprint density at radius 2 is 1.93 bits per heavy atom. The summed E-state index contributed by atoms with van der Waals surface area (Å²) in [7, 11) is 0. The van der Waals surface area contributed by atoms with Crippen molar-refractivity contribution in [2.24, 2.45) is 0 Å². The maximum absolute atomic E-state index is 12.9. The molecule has 27 heavy (non-hydrogen) atoms. The number of amides is 1. The quantitative estimate of drug-likeness (QED) is 0.698. The summed E-state index contributed by atoms with van der Waals surface area (Å²) in [6.45, 7) is 4.51. The molecule has 2 fully saturated rings. The predicted molar refractivity (Wildman–Crippen MR) is 102 cm³/mol. The van der Waals surface area contributed by atoms with E-state index in [-0.39, 0.29) is 5.91 Å². The summed E-state index contributed by atoms with van der Waals surface area (Å²) in [4.78, 5) is 19.4. The second-order valence-corrected chi connectivity index (χ2v) is 7.48. The third-order valence-electron chi connectivity index (χ3n) is 5.81. The molecule has 5 rings (SSSR count). The molecule has 1 amide bonds. The minimum atomic E-state index is 0.0498. The van der Waals surface area contributed by atoms with Crippen molar-refractivity contribution in [1.29, 1.82) is 0 Å². The second-order valence-electron chi connectivity index (χ2n) is 7.48. The van der Waals surface area contributed by atoms with Gasteiger partial charge in [0.05, 0.1) is 24.2 Å². The standard InChI is InChI=1S/C20H23N5O2/c1-13-21-19-18(25(13)15-4-2-3-5-15)16-12-14(6-7-17(16)22-23-19)20(26)24-8-10-27-11-9-24/h6-7,12,15H,2-5,8-11H2,1H3. The topological polar surface area (TPSA) is 73.1 Å². The number of carbonyl (C=O) groups excluding carboxylic acids is 1. The van der Waals surface area contributed by atoms with E-state index in [2.05, 4.69) is 19.7 Å². The lowest BCUT2D eigenvalue weighted by molar-refractivity contribution is 0.0303. The number of carbonyl (C=O) groups is 1. The van der Waals surface area contributed by atoms with Crippen molar-refractivity contribution in [2.75, 3.05) is 26.3 Å². The molecular weight excluding hydrogens is 342 g/mol. The zero-order valence-electron chi connectivity index (χ0n) is 15.5. The van der Waals surface area contributed by atoms with Crippen LogP contribution in [-0.2, 0) is 4.74 Å². The van der Waals surface area contributed by atoms with Crippen LogP contribution >= 0.6 is 0 Å². The Balaban J connectivity index is 1.66. The summed E-state index contributed by atoms with van der Waals surface area (Å²) in [5.41, 5.74) is 3.18. The van der Waals surface area contributed by atoms with E-state index in [0.29, 0.717) is 43.6 Å². The Bertz CT molecular complexity index is 1020. The van der Waals surface area contributed by atoms with Crippen molar-refractivity contribution >= 4 is 28.0 Å². The maximum atomic E-state index is 12.9. The predicted octanol–water partition coefficient (Wildman–Crippen LogP) is 2.88. The number of imidazole rings is 1. The largest absolute Gasteiger partial charge is 0.378 e. The molecule has 7 heteroatoms. The molecule has 1 saturated heterocycles. The summed E-state index contributed by atoms with van der Waals surface area (Å²) in [6, 6.07) is 6.18. The molecule has 2 aromatic heterocycles. The summed E-state index contributed by atoms with van der Waals surface area (Å²) < 4.78 is 7.69. The highest BCUT2D eigenvalue weighted by molar-refractivity contribution is 6.05. The second kappa shape index (κ2) is 6.56. The van der Waals surface area contributed by atoms with E-state index in [0.717, 1.165) is 22.2 Å². The fourth-order valence-electron chi connectivity index (χ4n) is 4.46. The number of aromatic nitrogens is 4. The Morgan fingerprint density at radius 3 is 2.70 bits per heavy atom. The van der Waals surface area contributed by atoms with Gasteiger partial charge in [0.2, 0.25) is 5.65 Å². The average molecular weight is 365 g/mol. The van der Waals surface area contributed by atoms with Crippen LogP contribution in [0.2, 0.25) is 0 Å². The van der Waals surface area contributed by atoms with Crippen LogP contribution in [0.3, 0.4) is 0 Å². The number of morpholine rings is 1. The molecule has 1 aliphatic carbocycles. The smallest absolute Gasteiger partial charge is 0.254 e. The third-order valence-corrected chi connectivity index (χ3v) is 5.81. The van der Waals surface area contributed by atoms with E-state index >= 15 is 0 Å². The molecule has 0 radical (unpaired) electrons. The van der Waals surface area contributed by atoms with Crippen molar-refractivity contribution in [3.05, 3.63) is 29.6 Å². The highest BCUT2D eigenvalue weighted by Crippen LogP contribution is 2.35. The molecular formula is C20H23N5O2.